The third-order valence-corrected chi connectivity index (χ3v) is 5.79. The lowest BCUT2D eigenvalue weighted by atomic mass is 10.0. The van der Waals surface area contributed by atoms with Gasteiger partial charge in [0.15, 0.2) is 0 Å². The SMILES string of the molecule is C[C@H]1c2cccc(CN[SH](=O)=O)c2CN1C(=O)Cc1c(Cl)cccc1Cl. The van der Waals surface area contributed by atoms with E-state index in [-0.39, 0.29) is 24.9 Å². The Kier molecular flexibility index (Phi) is 5.87. The molecule has 0 bridgehead atoms. The molecule has 0 aliphatic carbocycles. The molecule has 2 aromatic rings. The molecule has 1 N–H and O–H groups in total. The highest BCUT2D eigenvalue weighted by atomic mass is 35.5. The molecule has 0 aromatic heterocycles. The van der Waals surface area contributed by atoms with E-state index in [4.69, 9.17) is 23.2 Å². The van der Waals surface area contributed by atoms with E-state index in [0.717, 1.165) is 16.7 Å². The van der Waals surface area contributed by atoms with Crippen LogP contribution in [0.1, 0.15) is 35.2 Å². The van der Waals surface area contributed by atoms with Gasteiger partial charge in [-0.05, 0) is 41.3 Å². The molecule has 0 saturated carbocycles. The second-order valence-corrected chi connectivity index (χ2v) is 7.80. The first kappa shape index (κ1) is 19.2. The maximum atomic E-state index is 12.9. The number of rotatable bonds is 5. The molecule has 1 amide bonds. The van der Waals surface area contributed by atoms with Crippen LogP contribution < -0.4 is 4.72 Å². The van der Waals surface area contributed by atoms with E-state index in [2.05, 4.69) is 4.72 Å². The van der Waals surface area contributed by atoms with Gasteiger partial charge in [0.05, 0.1) is 12.5 Å². The number of thiol groups is 1. The van der Waals surface area contributed by atoms with Gasteiger partial charge in [-0.15, -0.1) is 0 Å². The van der Waals surface area contributed by atoms with Crippen molar-refractivity contribution in [1.29, 1.82) is 0 Å². The van der Waals surface area contributed by atoms with Crippen molar-refractivity contribution in [3.05, 3.63) is 68.7 Å². The number of amides is 1. The molecule has 26 heavy (non-hydrogen) atoms. The molecule has 5 nitrogen and oxygen atoms in total. The summed E-state index contributed by atoms with van der Waals surface area (Å²) in [6.07, 6.45) is 0.122. The minimum Gasteiger partial charge on any atom is -0.331 e. The van der Waals surface area contributed by atoms with E-state index in [1.54, 1.807) is 23.1 Å². The third kappa shape index (κ3) is 3.88. The summed E-state index contributed by atoms with van der Waals surface area (Å²) in [6, 6.07) is 10.8. The first-order chi connectivity index (χ1) is 12.4. The summed E-state index contributed by atoms with van der Waals surface area (Å²) < 4.78 is 24.0. The van der Waals surface area contributed by atoms with Gasteiger partial charge in [-0.3, -0.25) is 4.79 Å². The topological polar surface area (TPSA) is 66.5 Å². The largest absolute Gasteiger partial charge is 0.331 e. The molecule has 0 fully saturated rings. The Bertz CT molecular complexity index is 902. The van der Waals surface area contributed by atoms with Crippen LogP contribution in [0.5, 0.6) is 0 Å². The Morgan fingerprint density at radius 1 is 1.19 bits per heavy atom. The number of carbonyl (C=O) groups is 1. The molecule has 0 spiro atoms. The van der Waals surface area contributed by atoms with Crippen molar-refractivity contribution in [2.45, 2.75) is 32.5 Å². The first-order valence-electron chi connectivity index (χ1n) is 8.09. The zero-order valence-corrected chi connectivity index (χ0v) is 16.4. The zero-order valence-electron chi connectivity index (χ0n) is 14.0. The Morgan fingerprint density at radius 2 is 1.85 bits per heavy atom. The van der Waals surface area contributed by atoms with Crippen LogP contribution in [0.3, 0.4) is 0 Å². The van der Waals surface area contributed by atoms with Crippen molar-refractivity contribution in [2.75, 3.05) is 0 Å². The maximum absolute atomic E-state index is 12.9. The number of nitrogens with one attached hydrogen (secondary N) is 1. The molecule has 1 aliphatic heterocycles. The fourth-order valence-corrected chi connectivity index (χ4v) is 4.12. The number of fused-ring (bicyclic) bond motifs is 1. The Hall–Kier alpha value is -1.60. The summed E-state index contributed by atoms with van der Waals surface area (Å²) in [6.45, 7) is 2.61. The highest BCUT2D eigenvalue weighted by molar-refractivity contribution is 7.70. The smallest absolute Gasteiger partial charge is 0.227 e. The van der Waals surface area contributed by atoms with Crippen LogP contribution in [0.2, 0.25) is 10.0 Å². The molecule has 1 heterocycles. The molecular weight excluding hydrogens is 395 g/mol. The van der Waals surface area contributed by atoms with Crippen molar-refractivity contribution in [2.24, 2.45) is 0 Å². The predicted molar refractivity (Wildman–Crippen MR) is 103 cm³/mol. The lowest BCUT2D eigenvalue weighted by molar-refractivity contribution is -0.132. The number of hydrogen-bond acceptors (Lipinski definition) is 3. The van der Waals surface area contributed by atoms with Crippen LogP contribution in [-0.4, -0.2) is 19.2 Å². The van der Waals surface area contributed by atoms with Crippen molar-refractivity contribution >= 4 is 40.0 Å². The average Bonchev–Trinajstić information content (AvgIpc) is 2.94. The van der Waals surface area contributed by atoms with Gasteiger partial charge in [0, 0.05) is 23.1 Å². The van der Waals surface area contributed by atoms with Gasteiger partial charge in [-0.1, -0.05) is 47.5 Å². The van der Waals surface area contributed by atoms with Gasteiger partial charge >= 0.3 is 0 Å². The van der Waals surface area contributed by atoms with Crippen LogP contribution in [-0.2, 0) is 35.2 Å². The molecule has 138 valence electrons. The van der Waals surface area contributed by atoms with Crippen LogP contribution in [0.15, 0.2) is 36.4 Å². The van der Waals surface area contributed by atoms with Gasteiger partial charge in [-0.2, -0.15) is 0 Å². The average molecular weight is 413 g/mol. The normalized spacial score (nSPS) is 16.2. The minimum absolute atomic E-state index is 0.0717. The Balaban J connectivity index is 1.82. The van der Waals surface area contributed by atoms with E-state index >= 15 is 0 Å². The summed E-state index contributed by atoms with van der Waals surface area (Å²) >= 11 is 12.4. The lowest BCUT2D eigenvalue weighted by Crippen LogP contribution is -2.29. The standard InChI is InChI=1S/C18H18Cl2N2O3S/c1-11-13-5-2-4-12(9-21-26(24)25)15(13)10-22(11)18(23)8-14-16(19)6-3-7-17(14)20/h2-7,11,26H,8-10H2,1H3,(H,21,24,25)/t11-/m0/s1. The summed E-state index contributed by atoms with van der Waals surface area (Å²) in [4.78, 5) is 14.6. The molecule has 3 rings (SSSR count). The van der Waals surface area contributed by atoms with Crippen LogP contribution in [0.25, 0.3) is 0 Å². The first-order valence-corrected chi connectivity index (χ1v) is 10.0. The van der Waals surface area contributed by atoms with E-state index in [0.29, 0.717) is 22.2 Å². The monoisotopic (exact) mass is 412 g/mol. The number of halogens is 2. The van der Waals surface area contributed by atoms with Gasteiger partial charge in [0.1, 0.15) is 0 Å². The van der Waals surface area contributed by atoms with Crippen molar-refractivity contribution in [3.8, 4) is 0 Å². The van der Waals surface area contributed by atoms with Crippen LogP contribution in [0.4, 0.5) is 0 Å². The second-order valence-electron chi connectivity index (χ2n) is 6.15. The summed E-state index contributed by atoms with van der Waals surface area (Å²) in [5, 5.41) is 0.943. The van der Waals surface area contributed by atoms with E-state index in [1.165, 1.54) is 0 Å². The molecule has 8 heteroatoms. The quantitative estimate of drug-likeness (QED) is 0.740. The fraction of sp³-hybridized carbons (Fsp3) is 0.278. The molecule has 1 aliphatic rings. The third-order valence-electron chi connectivity index (χ3n) is 4.66. The molecule has 0 saturated heterocycles. The summed E-state index contributed by atoms with van der Waals surface area (Å²) in [5.74, 6) is -0.0717. The number of nitrogens with zero attached hydrogens (tertiary/aromatic N) is 1. The van der Waals surface area contributed by atoms with E-state index < -0.39 is 10.9 Å². The number of hydrogen-bond donors (Lipinski definition) is 2. The van der Waals surface area contributed by atoms with Gasteiger partial charge in [0.25, 0.3) is 0 Å². The molecule has 0 unspecified atom stereocenters. The molecule has 0 radical (unpaired) electrons. The molecule has 1 atom stereocenters. The summed E-state index contributed by atoms with van der Waals surface area (Å²) in [7, 11) is -2.67. The number of benzene rings is 2. The summed E-state index contributed by atoms with van der Waals surface area (Å²) in [5.41, 5.74) is 3.51. The van der Waals surface area contributed by atoms with Crippen molar-refractivity contribution < 1.29 is 13.2 Å². The van der Waals surface area contributed by atoms with Crippen molar-refractivity contribution in [1.82, 2.24) is 9.62 Å². The maximum Gasteiger partial charge on any atom is 0.227 e. The Labute approximate surface area is 164 Å². The highest BCUT2D eigenvalue weighted by Gasteiger charge is 2.32. The predicted octanol–water partition coefficient (Wildman–Crippen LogP) is 3.26. The highest BCUT2D eigenvalue weighted by Crippen LogP contribution is 2.36. The Morgan fingerprint density at radius 3 is 2.50 bits per heavy atom. The molecule has 2 aromatic carbocycles. The second kappa shape index (κ2) is 7.96. The minimum atomic E-state index is -2.67. The van der Waals surface area contributed by atoms with Crippen LogP contribution in [0, 0.1) is 0 Å². The van der Waals surface area contributed by atoms with E-state index in [1.807, 2.05) is 25.1 Å². The molecular formula is C18H18Cl2N2O3S. The lowest BCUT2D eigenvalue weighted by Gasteiger charge is -2.22. The van der Waals surface area contributed by atoms with Gasteiger partial charge < -0.3 is 4.90 Å². The van der Waals surface area contributed by atoms with E-state index in [9.17, 15) is 13.2 Å². The van der Waals surface area contributed by atoms with Gasteiger partial charge in [-0.25, -0.2) is 13.1 Å². The zero-order chi connectivity index (χ0) is 18.8. The fourth-order valence-electron chi connectivity index (χ4n) is 3.29. The number of carbonyl (C=O) groups excluding carboxylic acids is 1. The van der Waals surface area contributed by atoms with Crippen LogP contribution >= 0.6 is 23.2 Å². The van der Waals surface area contributed by atoms with Gasteiger partial charge in [0.2, 0.25) is 16.8 Å². The van der Waals surface area contributed by atoms with Crippen molar-refractivity contribution in [3.63, 3.8) is 0 Å².